The summed E-state index contributed by atoms with van der Waals surface area (Å²) in [6.45, 7) is 8.72. The molecule has 9 heteroatoms. The second-order valence-electron chi connectivity index (χ2n) is 8.95. The number of carboxylic acid groups (broad SMARTS) is 2. The number of nitrogens with zero attached hydrogens (tertiary/aromatic N) is 2. The summed E-state index contributed by atoms with van der Waals surface area (Å²) in [6, 6.07) is 7.41. The van der Waals surface area contributed by atoms with E-state index in [1.165, 1.54) is 0 Å². The Kier molecular flexibility index (Phi) is 10.4. The molecule has 0 saturated carbocycles. The fourth-order valence-electron chi connectivity index (χ4n) is 3.65. The van der Waals surface area contributed by atoms with Crippen LogP contribution in [0.3, 0.4) is 0 Å². The van der Waals surface area contributed by atoms with Crippen molar-refractivity contribution in [2.45, 2.75) is 33.2 Å². The Morgan fingerprint density at radius 3 is 2.19 bits per heavy atom. The van der Waals surface area contributed by atoms with Gasteiger partial charge in [0.25, 0.3) is 0 Å². The lowest BCUT2D eigenvalue weighted by molar-refractivity contribution is -0.159. The zero-order valence-electron chi connectivity index (χ0n) is 18.8. The summed E-state index contributed by atoms with van der Waals surface area (Å²) >= 11 is 0. The average Bonchev–Trinajstić information content (AvgIpc) is 2.66. The number of carbonyl (C=O) groups excluding carboxylic acids is 1. The number of amides is 1. The van der Waals surface area contributed by atoms with Gasteiger partial charge in [-0.3, -0.25) is 9.69 Å². The standard InChI is InChI=1S/C20H33N3O2.C2H2O4/c1-20(2,15-22(3)4)14-21-19(25)17-8-10-23(11-9-17)13-16-6-5-7-18(24)12-16;3-1(4)2(5)6/h5-7,12,17,24H,8-11,13-15H2,1-4H3,(H,21,25);(H,3,4)(H,5,6). The molecule has 0 spiro atoms. The van der Waals surface area contributed by atoms with Crippen LogP contribution in [0, 0.1) is 11.3 Å². The molecule has 0 radical (unpaired) electrons. The Balaban J connectivity index is 0.000000703. The zero-order chi connectivity index (χ0) is 23.6. The van der Waals surface area contributed by atoms with Crippen molar-refractivity contribution in [1.29, 1.82) is 0 Å². The summed E-state index contributed by atoms with van der Waals surface area (Å²) in [5, 5.41) is 27.5. The first-order valence-corrected chi connectivity index (χ1v) is 10.3. The lowest BCUT2D eigenvalue weighted by Crippen LogP contribution is -2.44. The van der Waals surface area contributed by atoms with Crippen LogP contribution in [0.1, 0.15) is 32.3 Å². The van der Waals surface area contributed by atoms with Gasteiger partial charge in [-0.2, -0.15) is 0 Å². The fraction of sp³-hybridized carbons (Fsp3) is 0.591. The molecule has 1 aliphatic heterocycles. The molecule has 0 unspecified atom stereocenters. The van der Waals surface area contributed by atoms with Gasteiger partial charge in [-0.15, -0.1) is 0 Å². The highest BCUT2D eigenvalue weighted by Crippen LogP contribution is 2.21. The van der Waals surface area contributed by atoms with E-state index in [9.17, 15) is 9.90 Å². The van der Waals surface area contributed by atoms with Crippen molar-refractivity contribution < 1.29 is 29.7 Å². The minimum Gasteiger partial charge on any atom is -0.508 e. The van der Waals surface area contributed by atoms with E-state index in [0.29, 0.717) is 12.3 Å². The molecule has 174 valence electrons. The van der Waals surface area contributed by atoms with Crippen molar-refractivity contribution in [3.8, 4) is 5.75 Å². The molecule has 1 amide bonds. The molecule has 1 saturated heterocycles. The number of piperidine rings is 1. The van der Waals surface area contributed by atoms with E-state index in [4.69, 9.17) is 19.8 Å². The molecule has 31 heavy (non-hydrogen) atoms. The summed E-state index contributed by atoms with van der Waals surface area (Å²) in [7, 11) is 4.12. The molecule has 2 rings (SSSR count). The number of phenols is 1. The number of hydrogen-bond acceptors (Lipinski definition) is 6. The lowest BCUT2D eigenvalue weighted by Gasteiger charge is -2.33. The quantitative estimate of drug-likeness (QED) is 0.472. The van der Waals surface area contributed by atoms with Crippen molar-refractivity contribution >= 4 is 17.8 Å². The van der Waals surface area contributed by atoms with Crippen LogP contribution in [0.15, 0.2) is 24.3 Å². The normalized spacial score (nSPS) is 15.1. The molecule has 0 atom stereocenters. The SMILES string of the molecule is CN(C)CC(C)(C)CNC(=O)C1CCN(Cc2cccc(O)c2)CC1.O=C(O)C(=O)O. The van der Waals surface area contributed by atoms with Gasteiger partial charge in [-0.1, -0.05) is 26.0 Å². The van der Waals surface area contributed by atoms with Gasteiger partial charge < -0.3 is 25.5 Å². The third-order valence-electron chi connectivity index (χ3n) is 4.94. The molecular weight excluding hydrogens is 402 g/mol. The van der Waals surface area contributed by atoms with Crippen LogP contribution in [0.2, 0.25) is 0 Å². The Hall–Kier alpha value is -2.65. The maximum Gasteiger partial charge on any atom is 0.414 e. The molecule has 4 N–H and O–H groups in total. The number of likely N-dealkylation sites (tertiary alicyclic amines) is 1. The Morgan fingerprint density at radius 2 is 1.71 bits per heavy atom. The van der Waals surface area contributed by atoms with Crippen LogP contribution in [0.25, 0.3) is 0 Å². The largest absolute Gasteiger partial charge is 0.508 e. The number of phenolic OH excluding ortho intramolecular Hbond substituents is 1. The minimum absolute atomic E-state index is 0.0785. The molecule has 1 aromatic rings. The topological polar surface area (TPSA) is 130 Å². The van der Waals surface area contributed by atoms with E-state index in [2.05, 4.69) is 43.1 Å². The third-order valence-corrected chi connectivity index (χ3v) is 4.94. The van der Waals surface area contributed by atoms with Gasteiger partial charge in [0.05, 0.1) is 0 Å². The van der Waals surface area contributed by atoms with E-state index < -0.39 is 11.9 Å². The molecule has 9 nitrogen and oxygen atoms in total. The molecule has 1 aromatic carbocycles. The number of benzene rings is 1. The van der Waals surface area contributed by atoms with E-state index >= 15 is 0 Å². The summed E-state index contributed by atoms with van der Waals surface area (Å²) in [4.78, 5) is 35.2. The zero-order valence-corrected chi connectivity index (χ0v) is 18.8. The van der Waals surface area contributed by atoms with E-state index in [-0.39, 0.29) is 17.2 Å². The first kappa shape index (κ1) is 26.4. The third kappa shape index (κ3) is 10.8. The lowest BCUT2D eigenvalue weighted by atomic mass is 9.91. The van der Waals surface area contributed by atoms with Gasteiger partial charge in [-0.25, -0.2) is 9.59 Å². The van der Waals surface area contributed by atoms with Crippen molar-refractivity contribution in [1.82, 2.24) is 15.1 Å². The monoisotopic (exact) mass is 437 g/mol. The molecule has 1 aliphatic rings. The summed E-state index contributed by atoms with van der Waals surface area (Å²) in [5.41, 5.74) is 1.20. The van der Waals surface area contributed by atoms with Crippen molar-refractivity contribution in [3.05, 3.63) is 29.8 Å². The minimum atomic E-state index is -1.82. The second-order valence-corrected chi connectivity index (χ2v) is 8.95. The number of aliphatic carboxylic acids is 2. The number of carboxylic acids is 2. The van der Waals surface area contributed by atoms with Gasteiger partial charge in [0.15, 0.2) is 0 Å². The van der Waals surface area contributed by atoms with Crippen LogP contribution >= 0.6 is 0 Å². The highest BCUT2D eigenvalue weighted by Gasteiger charge is 2.27. The molecule has 0 aromatic heterocycles. The van der Waals surface area contributed by atoms with Crippen LogP contribution in [0.4, 0.5) is 0 Å². The van der Waals surface area contributed by atoms with Crippen LogP contribution in [-0.4, -0.2) is 83.2 Å². The first-order valence-electron chi connectivity index (χ1n) is 10.3. The summed E-state index contributed by atoms with van der Waals surface area (Å²) in [6.07, 6.45) is 1.80. The summed E-state index contributed by atoms with van der Waals surface area (Å²) < 4.78 is 0. The maximum atomic E-state index is 12.5. The Morgan fingerprint density at radius 1 is 1.13 bits per heavy atom. The molecule has 1 heterocycles. The predicted octanol–water partition coefficient (Wildman–Crippen LogP) is 1.46. The van der Waals surface area contributed by atoms with Crippen LogP contribution in [-0.2, 0) is 20.9 Å². The molecule has 0 aliphatic carbocycles. The Labute approximate surface area is 183 Å². The summed E-state index contributed by atoms with van der Waals surface area (Å²) in [5.74, 6) is -3.02. The highest BCUT2D eigenvalue weighted by atomic mass is 16.4. The van der Waals surface area contributed by atoms with E-state index in [1.54, 1.807) is 6.07 Å². The number of rotatable bonds is 7. The average molecular weight is 438 g/mol. The van der Waals surface area contributed by atoms with Gasteiger partial charge in [-0.05, 0) is 63.1 Å². The molecule has 1 fully saturated rings. The van der Waals surface area contributed by atoms with Crippen LogP contribution in [0.5, 0.6) is 5.75 Å². The smallest absolute Gasteiger partial charge is 0.414 e. The molecular formula is C22H35N3O6. The predicted molar refractivity (Wildman–Crippen MR) is 117 cm³/mol. The number of nitrogens with one attached hydrogen (secondary N) is 1. The first-order chi connectivity index (χ1) is 14.4. The van der Waals surface area contributed by atoms with Crippen molar-refractivity contribution in [2.75, 3.05) is 40.3 Å². The maximum absolute atomic E-state index is 12.5. The van der Waals surface area contributed by atoms with Crippen molar-refractivity contribution in [2.24, 2.45) is 11.3 Å². The number of carbonyl (C=O) groups is 3. The van der Waals surface area contributed by atoms with Crippen molar-refractivity contribution in [3.63, 3.8) is 0 Å². The second kappa shape index (κ2) is 12.3. The van der Waals surface area contributed by atoms with Gasteiger partial charge in [0, 0.05) is 25.6 Å². The van der Waals surface area contributed by atoms with Crippen LogP contribution < -0.4 is 5.32 Å². The van der Waals surface area contributed by atoms with Gasteiger partial charge >= 0.3 is 11.9 Å². The number of hydrogen-bond donors (Lipinski definition) is 4. The highest BCUT2D eigenvalue weighted by molar-refractivity contribution is 6.27. The fourth-order valence-corrected chi connectivity index (χ4v) is 3.65. The van der Waals surface area contributed by atoms with Gasteiger partial charge in [0.1, 0.15) is 5.75 Å². The van der Waals surface area contributed by atoms with E-state index in [1.807, 2.05) is 18.2 Å². The van der Waals surface area contributed by atoms with E-state index in [0.717, 1.165) is 44.6 Å². The number of aromatic hydroxyl groups is 1. The Bertz CT molecular complexity index is 731. The van der Waals surface area contributed by atoms with Gasteiger partial charge in [0.2, 0.25) is 5.91 Å². The molecule has 0 bridgehead atoms.